The van der Waals surface area contributed by atoms with Crippen LogP contribution in [-0.2, 0) is 11.2 Å². The van der Waals surface area contributed by atoms with Gasteiger partial charge >= 0.3 is 0 Å². The molecule has 19 heavy (non-hydrogen) atoms. The number of hydrogen-bond donors (Lipinski definition) is 1. The summed E-state index contributed by atoms with van der Waals surface area (Å²) in [6, 6.07) is 0.471. The van der Waals surface area contributed by atoms with E-state index < -0.39 is 0 Å². The van der Waals surface area contributed by atoms with E-state index in [1.54, 1.807) is 0 Å². The average Bonchev–Trinajstić information content (AvgIpc) is 2.73. The van der Waals surface area contributed by atoms with Crippen LogP contribution in [0.2, 0.25) is 0 Å². The lowest BCUT2D eigenvalue weighted by molar-refractivity contribution is -0.149. The molecule has 106 valence electrons. The highest BCUT2D eigenvalue weighted by molar-refractivity contribution is 7.11. The van der Waals surface area contributed by atoms with E-state index >= 15 is 0 Å². The summed E-state index contributed by atoms with van der Waals surface area (Å²) in [6.45, 7) is 4.60. The summed E-state index contributed by atoms with van der Waals surface area (Å²) in [4.78, 5) is 8.49. The van der Waals surface area contributed by atoms with E-state index in [-0.39, 0.29) is 12.0 Å². The molecule has 1 fully saturated rings. The van der Waals surface area contributed by atoms with E-state index in [0.717, 1.165) is 13.0 Å². The van der Waals surface area contributed by atoms with E-state index in [0.29, 0.717) is 19.3 Å². The van der Waals surface area contributed by atoms with Crippen LogP contribution in [0.1, 0.15) is 34.5 Å². The molecular formula is C14H22N2O2S. The zero-order valence-electron chi connectivity index (χ0n) is 11.7. The average molecular weight is 282 g/mol. The number of aliphatic hydroxyl groups is 1. The van der Waals surface area contributed by atoms with Gasteiger partial charge in [0.05, 0.1) is 35.9 Å². The summed E-state index contributed by atoms with van der Waals surface area (Å²) < 4.78 is 5.29. The maximum atomic E-state index is 9.57. The Hall–Kier alpha value is -0.490. The largest absolute Gasteiger partial charge is 0.396 e. The van der Waals surface area contributed by atoms with Crippen molar-refractivity contribution in [2.75, 3.05) is 33.4 Å². The van der Waals surface area contributed by atoms with Gasteiger partial charge in [0.1, 0.15) is 0 Å². The molecule has 2 heterocycles. The highest BCUT2D eigenvalue weighted by atomic mass is 32.1. The number of aliphatic hydroxyl groups excluding tert-OH is 1. The van der Waals surface area contributed by atoms with Crippen LogP contribution in [-0.4, -0.2) is 48.4 Å². The van der Waals surface area contributed by atoms with Crippen LogP contribution < -0.4 is 0 Å². The van der Waals surface area contributed by atoms with Crippen LogP contribution in [0.15, 0.2) is 0 Å². The molecule has 1 aromatic heterocycles. The molecule has 1 aromatic rings. The number of ether oxygens (including phenoxy) is 1. The Balaban J connectivity index is 1.75. The van der Waals surface area contributed by atoms with Crippen molar-refractivity contribution < 1.29 is 9.84 Å². The zero-order valence-corrected chi connectivity index (χ0v) is 12.5. The number of aromatic nitrogens is 1. The molecule has 0 spiro atoms. The minimum atomic E-state index is -0.0356. The van der Waals surface area contributed by atoms with Crippen molar-refractivity contribution in [3.8, 4) is 0 Å². The third-order valence-electron chi connectivity index (χ3n) is 4.30. The van der Waals surface area contributed by atoms with Gasteiger partial charge in [0.2, 0.25) is 0 Å². The molecule has 1 aliphatic heterocycles. The second-order valence-electron chi connectivity index (χ2n) is 6.02. The molecule has 0 bridgehead atoms. The summed E-state index contributed by atoms with van der Waals surface area (Å²) in [5.41, 5.74) is 1.26. The number of fused-ring (bicyclic) bond motifs is 1. The third-order valence-corrected chi connectivity index (χ3v) is 5.41. The third kappa shape index (κ3) is 2.44. The summed E-state index contributed by atoms with van der Waals surface area (Å²) in [5.74, 6) is 0. The smallest absolute Gasteiger partial charge is 0.0900 e. The Kier molecular flexibility index (Phi) is 3.64. The van der Waals surface area contributed by atoms with Crippen molar-refractivity contribution in [3.63, 3.8) is 0 Å². The molecule has 0 amide bonds. The van der Waals surface area contributed by atoms with Gasteiger partial charge in [-0.2, -0.15) is 0 Å². The Morgan fingerprint density at radius 2 is 2.32 bits per heavy atom. The molecule has 1 saturated heterocycles. The van der Waals surface area contributed by atoms with Crippen molar-refractivity contribution in [1.82, 2.24) is 9.88 Å². The SMILES string of the molecule is Cc1nc2c(s1)C(N(C)CC1(CO)COC1)CCC2. The molecule has 2 aliphatic rings. The van der Waals surface area contributed by atoms with E-state index in [2.05, 4.69) is 23.9 Å². The topological polar surface area (TPSA) is 45.6 Å². The molecule has 1 unspecified atom stereocenters. The van der Waals surface area contributed by atoms with Crippen LogP contribution in [0, 0.1) is 12.3 Å². The van der Waals surface area contributed by atoms with Gasteiger partial charge in [-0.05, 0) is 33.2 Å². The predicted molar refractivity (Wildman–Crippen MR) is 75.5 cm³/mol. The number of nitrogens with zero attached hydrogens (tertiary/aromatic N) is 2. The van der Waals surface area contributed by atoms with Gasteiger partial charge < -0.3 is 9.84 Å². The maximum absolute atomic E-state index is 9.57. The minimum absolute atomic E-state index is 0.0356. The highest BCUT2D eigenvalue weighted by Gasteiger charge is 2.41. The van der Waals surface area contributed by atoms with E-state index in [1.807, 2.05) is 11.3 Å². The molecule has 0 aromatic carbocycles. The molecule has 1 N–H and O–H groups in total. The maximum Gasteiger partial charge on any atom is 0.0900 e. The van der Waals surface area contributed by atoms with E-state index in [4.69, 9.17) is 4.74 Å². The minimum Gasteiger partial charge on any atom is -0.396 e. The van der Waals surface area contributed by atoms with Crippen molar-refractivity contribution >= 4 is 11.3 Å². The van der Waals surface area contributed by atoms with Crippen molar-refractivity contribution in [2.45, 2.75) is 32.2 Å². The quantitative estimate of drug-likeness (QED) is 0.914. The Morgan fingerprint density at radius 3 is 2.95 bits per heavy atom. The van der Waals surface area contributed by atoms with Crippen LogP contribution in [0.5, 0.6) is 0 Å². The molecular weight excluding hydrogens is 260 g/mol. The fourth-order valence-electron chi connectivity index (χ4n) is 3.20. The molecule has 5 heteroatoms. The Morgan fingerprint density at radius 1 is 1.53 bits per heavy atom. The van der Waals surface area contributed by atoms with Gasteiger partial charge in [-0.1, -0.05) is 0 Å². The van der Waals surface area contributed by atoms with Crippen molar-refractivity contribution in [2.24, 2.45) is 5.41 Å². The number of hydrogen-bond acceptors (Lipinski definition) is 5. The second kappa shape index (κ2) is 5.13. The zero-order chi connectivity index (χ0) is 13.5. The molecule has 3 rings (SSSR count). The van der Waals surface area contributed by atoms with Crippen molar-refractivity contribution in [3.05, 3.63) is 15.6 Å². The summed E-state index contributed by atoms with van der Waals surface area (Å²) in [6.07, 6.45) is 3.54. The van der Waals surface area contributed by atoms with Crippen LogP contribution >= 0.6 is 11.3 Å². The normalized spacial score (nSPS) is 25.2. The lowest BCUT2D eigenvalue weighted by Gasteiger charge is -2.44. The molecule has 0 saturated carbocycles. The standard InChI is InChI=1S/C14H22N2O2S/c1-10-15-11-4-3-5-12(13(11)19-10)16(2)6-14(7-17)8-18-9-14/h12,17H,3-9H2,1-2H3. The van der Waals surface area contributed by atoms with E-state index in [1.165, 1.54) is 28.4 Å². The molecule has 0 radical (unpaired) electrons. The number of rotatable bonds is 4. The molecule has 1 aliphatic carbocycles. The van der Waals surface area contributed by atoms with Gasteiger partial charge in [-0.3, -0.25) is 4.90 Å². The lowest BCUT2D eigenvalue weighted by Crippen LogP contribution is -2.53. The number of aryl methyl sites for hydroxylation is 2. The molecule has 1 atom stereocenters. The van der Waals surface area contributed by atoms with Crippen LogP contribution in [0.3, 0.4) is 0 Å². The summed E-state index contributed by atoms with van der Waals surface area (Å²) in [7, 11) is 2.17. The van der Waals surface area contributed by atoms with Gasteiger partial charge in [0.15, 0.2) is 0 Å². The Bertz CT molecular complexity index is 451. The molecule has 4 nitrogen and oxygen atoms in total. The second-order valence-corrected chi connectivity index (χ2v) is 7.25. The van der Waals surface area contributed by atoms with Gasteiger partial charge in [-0.25, -0.2) is 4.98 Å². The van der Waals surface area contributed by atoms with Gasteiger partial charge in [0, 0.05) is 17.5 Å². The first kappa shape index (κ1) is 13.5. The number of thiazole rings is 1. The first-order valence-electron chi connectivity index (χ1n) is 6.99. The summed E-state index contributed by atoms with van der Waals surface area (Å²) in [5, 5.41) is 10.7. The van der Waals surface area contributed by atoms with Gasteiger partial charge in [-0.15, -0.1) is 11.3 Å². The monoisotopic (exact) mass is 282 g/mol. The summed E-state index contributed by atoms with van der Waals surface area (Å²) >= 11 is 1.84. The van der Waals surface area contributed by atoms with Gasteiger partial charge in [0.25, 0.3) is 0 Å². The lowest BCUT2D eigenvalue weighted by atomic mass is 9.85. The van der Waals surface area contributed by atoms with Crippen LogP contribution in [0.4, 0.5) is 0 Å². The first-order chi connectivity index (χ1) is 9.13. The van der Waals surface area contributed by atoms with Crippen molar-refractivity contribution in [1.29, 1.82) is 0 Å². The first-order valence-corrected chi connectivity index (χ1v) is 7.80. The highest BCUT2D eigenvalue weighted by Crippen LogP contribution is 2.39. The fourth-order valence-corrected chi connectivity index (χ4v) is 4.38. The Labute approximate surface area is 118 Å². The van der Waals surface area contributed by atoms with E-state index in [9.17, 15) is 5.11 Å². The predicted octanol–water partition coefficient (Wildman–Crippen LogP) is 1.77. The fraction of sp³-hybridized carbons (Fsp3) is 0.786. The van der Waals surface area contributed by atoms with Crippen LogP contribution in [0.25, 0.3) is 0 Å².